The second-order valence-electron chi connectivity index (χ2n) is 4.36. The molecule has 1 fully saturated rings. The van der Waals surface area contributed by atoms with Crippen LogP contribution in [0.15, 0.2) is 0 Å². The highest BCUT2D eigenvalue weighted by atomic mass is 32.2. The van der Waals surface area contributed by atoms with E-state index >= 15 is 0 Å². The SMILES string of the molecule is CCC1CN(CCSC(F)(F)F)C(CC)CN1. The Bertz CT molecular complexity index is 223. The van der Waals surface area contributed by atoms with Crippen LogP contribution >= 0.6 is 11.8 Å². The van der Waals surface area contributed by atoms with E-state index in [0.717, 1.165) is 25.9 Å². The molecule has 6 heteroatoms. The molecule has 0 aromatic rings. The molecule has 102 valence electrons. The zero-order valence-electron chi connectivity index (χ0n) is 10.4. The Balaban J connectivity index is 2.36. The molecule has 1 aliphatic rings. The number of hydrogen-bond acceptors (Lipinski definition) is 3. The van der Waals surface area contributed by atoms with Crippen LogP contribution in [0.4, 0.5) is 13.2 Å². The minimum Gasteiger partial charge on any atom is -0.311 e. The minimum atomic E-state index is -4.10. The van der Waals surface area contributed by atoms with E-state index in [2.05, 4.69) is 24.1 Å². The molecule has 17 heavy (non-hydrogen) atoms. The van der Waals surface area contributed by atoms with Crippen LogP contribution in [0.3, 0.4) is 0 Å². The predicted molar refractivity (Wildman–Crippen MR) is 66.2 cm³/mol. The van der Waals surface area contributed by atoms with Crippen molar-refractivity contribution in [3.8, 4) is 0 Å². The standard InChI is InChI=1S/C11H21F3N2S/c1-3-9-8-16(10(4-2)7-15-9)5-6-17-11(12,13)14/h9-10,15H,3-8H2,1-2H3. The summed E-state index contributed by atoms with van der Waals surface area (Å²) in [4.78, 5) is 2.20. The summed E-state index contributed by atoms with van der Waals surface area (Å²) in [7, 11) is 0. The summed E-state index contributed by atoms with van der Waals surface area (Å²) >= 11 is 0.0865. The maximum absolute atomic E-state index is 12.1. The molecule has 0 aromatic heterocycles. The van der Waals surface area contributed by atoms with E-state index in [9.17, 15) is 13.2 Å². The van der Waals surface area contributed by atoms with Crippen molar-refractivity contribution in [1.29, 1.82) is 0 Å². The van der Waals surface area contributed by atoms with Crippen molar-refractivity contribution in [1.82, 2.24) is 10.2 Å². The number of hydrogen-bond donors (Lipinski definition) is 1. The molecule has 1 heterocycles. The lowest BCUT2D eigenvalue weighted by Gasteiger charge is -2.40. The summed E-state index contributed by atoms with van der Waals surface area (Å²) in [6.07, 6.45) is 2.01. The van der Waals surface area contributed by atoms with Crippen molar-refractivity contribution >= 4 is 11.8 Å². The normalized spacial score (nSPS) is 27.4. The summed E-state index contributed by atoms with van der Waals surface area (Å²) in [5.74, 6) is 0.135. The average molecular weight is 270 g/mol. The third kappa shape index (κ3) is 5.48. The van der Waals surface area contributed by atoms with Gasteiger partial charge in [-0.3, -0.25) is 4.90 Å². The lowest BCUT2D eigenvalue weighted by atomic mass is 10.1. The highest BCUT2D eigenvalue weighted by Crippen LogP contribution is 2.30. The van der Waals surface area contributed by atoms with Gasteiger partial charge in [-0.1, -0.05) is 13.8 Å². The molecule has 2 unspecified atom stereocenters. The van der Waals surface area contributed by atoms with Gasteiger partial charge in [0.2, 0.25) is 0 Å². The lowest BCUT2D eigenvalue weighted by molar-refractivity contribution is -0.0329. The van der Waals surface area contributed by atoms with Crippen LogP contribution in [0, 0.1) is 0 Å². The molecule has 1 saturated heterocycles. The first-order valence-corrected chi connectivity index (χ1v) is 7.13. The van der Waals surface area contributed by atoms with E-state index < -0.39 is 5.51 Å². The Labute approximate surface area is 105 Å². The van der Waals surface area contributed by atoms with Gasteiger partial charge in [0.15, 0.2) is 0 Å². The molecule has 1 rings (SSSR count). The van der Waals surface area contributed by atoms with Crippen LogP contribution < -0.4 is 5.32 Å². The number of halogens is 3. The van der Waals surface area contributed by atoms with Crippen molar-refractivity contribution in [2.24, 2.45) is 0 Å². The molecule has 0 amide bonds. The first-order valence-electron chi connectivity index (χ1n) is 6.14. The van der Waals surface area contributed by atoms with Gasteiger partial charge in [0.1, 0.15) is 0 Å². The quantitative estimate of drug-likeness (QED) is 0.827. The number of alkyl halides is 3. The number of nitrogens with zero attached hydrogens (tertiary/aromatic N) is 1. The molecular formula is C11H21F3N2S. The van der Waals surface area contributed by atoms with Crippen LogP contribution in [0.1, 0.15) is 26.7 Å². The third-order valence-electron chi connectivity index (χ3n) is 3.22. The van der Waals surface area contributed by atoms with Gasteiger partial charge in [-0.05, 0) is 24.6 Å². The zero-order valence-corrected chi connectivity index (χ0v) is 11.2. The second-order valence-corrected chi connectivity index (χ2v) is 5.52. The molecule has 0 spiro atoms. The second kappa shape index (κ2) is 6.85. The van der Waals surface area contributed by atoms with Gasteiger partial charge in [0, 0.05) is 37.5 Å². The van der Waals surface area contributed by atoms with Gasteiger partial charge < -0.3 is 5.32 Å². The van der Waals surface area contributed by atoms with E-state index in [0.29, 0.717) is 18.6 Å². The number of rotatable bonds is 5. The average Bonchev–Trinajstić information content (AvgIpc) is 2.27. The third-order valence-corrected chi connectivity index (χ3v) is 3.94. The van der Waals surface area contributed by atoms with Gasteiger partial charge in [0.05, 0.1) is 0 Å². The van der Waals surface area contributed by atoms with Gasteiger partial charge in [0.25, 0.3) is 0 Å². The Morgan fingerprint density at radius 1 is 1.29 bits per heavy atom. The smallest absolute Gasteiger partial charge is 0.311 e. The van der Waals surface area contributed by atoms with Crippen LogP contribution in [0.2, 0.25) is 0 Å². The summed E-state index contributed by atoms with van der Waals surface area (Å²) in [5.41, 5.74) is -4.10. The van der Waals surface area contributed by atoms with E-state index in [1.807, 2.05) is 0 Å². The Hall–Kier alpha value is 0.0600. The molecule has 2 nitrogen and oxygen atoms in total. The minimum absolute atomic E-state index is 0.0865. The van der Waals surface area contributed by atoms with Crippen LogP contribution in [-0.4, -0.2) is 47.9 Å². The van der Waals surface area contributed by atoms with Gasteiger partial charge in [-0.25, -0.2) is 0 Å². The largest absolute Gasteiger partial charge is 0.441 e. The number of thioether (sulfide) groups is 1. The van der Waals surface area contributed by atoms with Crippen molar-refractivity contribution in [3.05, 3.63) is 0 Å². The fourth-order valence-electron chi connectivity index (χ4n) is 2.16. The van der Waals surface area contributed by atoms with E-state index in [-0.39, 0.29) is 17.5 Å². The highest BCUT2D eigenvalue weighted by molar-refractivity contribution is 8.00. The van der Waals surface area contributed by atoms with E-state index in [4.69, 9.17) is 0 Å². The van der Waals surface area contributed by atoms with E-state index in [1.54, 1.807) is 0 Å². The molecule has 1 aliphatic heterocycles. The van der Waals surface area contributed by atoms with Crippen LogP contribution in [-0.2, 0) is 0 Å². The molecule has 0 bridgehead atoms. The lowest BCUT2D eigenvalue weighted by Crippen LogP contribution is -2.56. The number of nitrogens with one attached hydrogen (secondary N) is 1. The maximum atomic E-state index is 12.1. The van der Waals surface area contributed by atoms with E-state index in [1.165, 1.54) is 0 Å². The van der Waals surface area contributed by atoms with Crippen LogP contribution in [0.5, 0.6) is 0 Å². The number of piperazine rings is 1. The first kappa shape index (κ1) is 15.1. The van der Waals surface area contributed by atoms with Crippen molar-refractivity contribution < 1.29 is 13.2 Å². The van der Waals surface area contributed by atoms with Crippen molar-refractivity contribution in [3.63, 3.8) is 0 Å². The van der Waals surface area contributed by atoms with Crippen molar-refractivity contribution in [2.75, 3.05) is 25.4 Å². The molecule has 0 saturated carbocycles. The Morgan fingerprint density at radius 3 is 2.53 bits per heavy atom. The fraction of sp³-hybridized carbons (Fsp3) is 1.00. The summed E-state index contributed by atoms with van der Waals surface area (Å²) in [6, 6.07) is 0.806. The molecule has 2 atom stereocenters. The maximum Gasteiger partial charge on any atom is 0.441 e. The Kier molecular flexibility index (Phi) is 6.09. The molecule has 0 aliphatic carbocycles. The van der Waals surface area contributed by atoms with Crippen molar-refractivity contribution in [2.45, 2.75) is 44.3 Å². The summed E-state index contributed by atoms with van der Waals surface area (Å²) in [5, 5.41) is 3.44. The van der Waals surface area contributed by atoms with Gasteiger partial charge in [-0.2, -0.15) is 13.2 Å². The zero-order chi connectivity index (χ0) is 12.9. The van der Waals surface area contributed by atoms with Crippen LogP contribution in [0.25, 0.3) is 0 Å². The molecular weight excluding hydrogens is 249 g/mol. The molecule has 1 N–H and O–H groups in total. The summed E-state index contributed by atoms with van der Waals surface area (Å²) in [6.45, 7) is 6.48. The topological polar surface area (TPSA) is 15.3 Å². The summed E-state index contributed by atoms with van der Waals surface area (Å²) < 4.78 is 36.2. The van der Waals surface area contributed by atoms with Gasteiger partial charge in [-0.15, -0.1) is 0 Å². The monoisotopic (exact) mass is 270 g/mol. The van der Waals surface area contributed by atoms with Gasteiger partial charge >= 0.3 is 5.51 Å². The Morgan fingerprint density at radius 2 is 2.00 bits per heavy atom. The highest BCUT2D eigenvalue weighted by Gasteiger charge is 2.30. The molecule has 0 aromatic carbocycles. The molecule has 0 radical (unpaired) electrons. The predicted octanol–water partition coefficient (Wildman–Crippen LogP) is 2.70. The first-order chi connectivity index (χ1) is 7.96. The fourth-order valence-corrected chi connectivity index (χ4v) is 2.71.